The molecule has 0 radical (unpaired) electrons. The number of benzene rings is 1. The molecule has 0 aliphatic heterocycles. The summed E-state index contributed by atoms with van der Waals surface area (Å²) in [6.07, 6.45) is 1.51. The normalized spacial score (nSPS) is 11.7. The van der Waals surface area contributed by atoms with E-state index in [4.69, 9.17) is 0 Å². The Morgan fingerprint density at radius 3 is 2.16 bits per heavy atom. The fourth-order valence-corrected chi connectivity index (χ4v) is 2.44. The van der Waals surface area contributed by atoms with Gasteiger partial charge in [0.15, 0.2) is 0 Å². The average molecular weight is 284 g/mol. The van der Waals surface area contributed by atoms with E-state index in [2.05, 4.69) is 0 Å². The molecule has 0 atom stereocenters. The molecular formula is C12H16N2O4S. The van der Waals surface area contributed by atoms with E-state index in [0.29, 0.717) is 13.1 Å². The molecule has 104 valence electrons. The van der Waals surface area contributed by atoms with Crippen molar-refractivity contribution in [3.05, 3.63) is 46.0 Å². The highest BCUT2D eigenvalue weighted by Gasteiger charge is 2.13. The van der Waals surface area contributed by atoms with Gasteiger partial charge < -0.3 is 4.90 Å². The molecule has 0 aromatic heterocycles. The van der Waals surface area contributed by atoms with Crippen LogP contribution in [0.25, 0.3) is 0 Å². The van der Waals surface area contributed by atoms with Crippen molar-refractivity contribution >= 4 is 15.5 Å². The lowest BCUT2D eigenvalue weighted by Gasteiger charge is -2.14. The average Bonchev–Trinajstić information content (AvgIpc) is 2.40. The second-order valence-corrected chi connectivity index (χ2v) is 5.64. The Morgan fingerprint density at radius 1 is 1.21 bits per heavy atom. The van der Waals surface area contributed by atoms with Crippen molar-refractivity contribution in [3.63, 3.8) is 0 Å². The monoisotopic (exact) mass is 284 g/mol. The van der Waals surface area contributed by atoms with Crippen LogP contribution < -0.4 is 0 Å². The van der Waals surface area contributed by atoms with Crippen molar-refractivity contribution < 1.29 is 13.3 Å². The maximum Gasteiger partial charge on any atom is 0.269 e. The van der Waals surface area contributed by atoms with Crippen LogP contribution in [0, 0.1) is 10.1 Å². The molecule has 0 fully saturated rings. The molecule has 1 aromatic rings. The Kier molecular flexibility index (Phi) is 5.05. The molecule has 1 rings (SSSR count). The van der Waals surface area contributed by atoms with Gasteiger partial charge in [0.25, 0.3) is 5.69 Å². The number of nitro benzene ring substituents is 1. The minimum absolute atomic E-state index is 0.0431. The van der Waals surface area contributed by atoms with E-state index < -0.39 is 14.8 Å². The number of hydrogen-bond acceptors (Lipinski definition) is 5. The zero-order valence-corrected chi connectivity index (χ0v) is 11.6. The van der Waals surface area contributed by atoms with Gasteiger partial charge in [-0.15, -0.1) is 0 Å². The summed E-state index contributed by atoms with van der Waals surface area (Å²) in [5.41, 5.74) is -0.133. The van der Waals surface area contributed by atoms with Crippen molar-refractivity contribution in [2.75, 3.05) is 13.1 Å². The molecule has 6 nitrogen and oxygen atoms in total. The highest BCUT2D eigenvalue weighted by molar-refractivity contribution is 7.94. The summed E-state index contributed by atoms with van der Waals surface area (Å²) in [7, 11) is -3.56. The fourth-order valence-electron chi connectivity index (χ4n) is 1.44. The minimum atomic E-state index is -3.56. The summed E-state index contributed by atoms with van der Waals surface area (Å²) in [5.74, 6) is 0. The molecule has 0 aliphatic carbocycles. The molecule has 0 spiro atoms. The zero-order valence-electron chi connectivity index (χ0n) is 10.8. The zero-order chi connectivity index (χ0) is 14.5. The molecule has 19 heavy (non-hydrogen) atoms. The maximum atomic E-state index is 12.0. The number of nitrogens with zero attached hydrogens (tertiary/aromatic N) is 2. The van der Waals surface area contributed by atoms with Gasteiger partial charge in [-0.1, -0.05) is 0 Å². The second-order valence-electron chi connectivity index (χ2n) is 3.80. The predicted molar refractivity (Wildman–Crippen MR) is 72.3 cm³/mol. The summed E-state index contributed by atoms with van der Waals surface area (Å²) in [6, 6.07) is 4.83. The molecule has 0 saturated heterocycles. The van der Waals surface area contributed by atoms with Crippen molar-refractivity contribution in [1.82, 2.24) is 4.90 Å². The standard InChI is InChI=1S/C12H16N2O4S/c1-3-13(4-2)9-10-19(17,18)12-7-5-11(6-8-12)14(15)16/h5-10H,3-4H2,1-2H3. The van der Waals surface area contributed by atoms with Gasteiger partial charge in [0.2, 0.25) is 9.84 Å². The third kappa shape index (κ3) is 4.06. The first-order chi connectivity index (χ1) is 8.90. The Labute approximate surface area is 112 Å². The van der Waals surface area contributed by atoms with Crippen LogP contribution in [0.15, 0.2) is 40.8 Å². The predicted octanol–water partition coefficient (Wildman–Crippen LogP) is 2.18. The van der Waals surface area contributed by atoms with Crippen LogP contribution in [-0.2, 0) is 9.84 Å². The van der Waals surface area contributed by atoms with Gasteiger partial charge in [0.1, 0.15) is 0 Å². The third-order valence-electron chi connectivity index (χ3n) is 2.64. The van der Waals surface area contributed by atoms with Gasteiger partial charge in [-0.25, -0.2) is 8.42 Å². The fraction of sp³-hybridized carbons (Fsp3) is 0.333. The number of sulfone groups is 1. The lowest BCUT2D eigenvalue weighted by molar-refractivity contribution is -0.384. The Balaban J connectivity index is 2.97. The first-order valence-corrected chi connectivity index (χ1v) is 7.37. The van der Waals surface area contributed by atoms with Gasteiger partial charge in [-0.2, -0.15) is 0 Å². The summed E-state index contributed by atoms with van der Waals surface area (Å²) < 4.78 is 23.9. The van der Waals surface area contributed by atoms with E-state index in [0.717, 1.165) is 5.41 Å². The minimum Gasteiger partial charge on any atom is -0.377 e. The Morgan fingerprint density at radius 2 is 1.74 bits per heavy atom. The molecule has 0 aliphatic rings. The molecule has 0 unspecified atom stereocenters. The maximum absolute atomic E-state index is 12.0. The molecule has 1 aromatic carbocycles. The molecule has 0 N–H and O–H groups in total. The highest BCUT2D eigenvalue weighted by atomic mass is 32.2. The number of nitro groups is 1. The molecule has 7 heteroatoms. The Hall–Kier alpha value is -1.89. The van der Waals surface area contributed by atoms with Gasteiger partial charge in [0.05, 0.1) is 15.2 Å². The van der Waals surface area contributed by atoms with Crippen LogP contribution in [-0.4, -0.2) is 31.3 Å². The lowest BCUT2D eigenvalue weighted by atomic mass is 10.3. The van der Waals surface area contributed by atoms with Crippen LogP contribution in [0.4, 0.5) is 5.69 Å². The summed E-state index contributed by atoms with van der Waals surface area (Å²) >= 11 is 0. The van der Waals surface area contributed by atoms with Gasteiger partial charge in [0, 0.05) is 31.4 Å². The summed E-state index contributed by atoms with van der Waals surface area (Å²) in [4.78, 5) is 11.8. The van der Waals surface area contributed by atoms with Crippen LogP contribution in [0.1, 0.15) is 13.8 Å². The third-order valence-corrected chi connectivity index (χ3v) is 4.05. The number of non-ortho nitro benzene ring substituents is 1. The van der Waals surface area contributed by atoms with E-state index >= 15 is 0 Å². The van der Waals surface area contributed by atoms with Crippen LogP contribution in [0.3, 0.4) is 0 Å². The highest BCUT2D eigenvalue weighted by Crippen LogP contribution is 2.17. The van der Waals surface area contributed by atoms with Crippen LogP contribution in [0.5, 0.6) is 0 Å². The molecule has 0 saturated carbocycles. The number of rotatable bonds is 6. The lowest BCUT2D eigenvalue weighted by Crippen LogP contribution is -2.15. The molecule has 0 heterocycles. The first kappa shape index (κ1) is 15.2. The van der Waals surface area contributed by atoms with Crippen molar-refractivity contribution in [3.8, 4) is 0 Å². The quantitative estimate of drug-likeness (QED) is 0.591. The molecule has 0 bridgehead atoms. The smallest absolute Gasteiger partial charge is 0.269 e. The summed E-state index contributed by atoms with van der Waals surface area (Å²) in [5, 5.41) is 11.6. The second kappa shape index (κ2) is 6.33. The van der Waals surface area contributed by atoms with Crippen molar-refractivity contribution in [2.45, 2.75) is 18.7 Å². The van der Waals surface area contributed by atoms with E-state index in [1.807, 2.05) is 18.7 Å². The molecule has 0 amide bonds. The van der Waals surface area contributed by atoms with Crippen LogP contribution in [0.2, 0.25) is 0 Å². The molecular weight excluding hydrogens is 268 g/mol. The number of hydrogen-bond donors (Lipinski definition) is 0. The summed E-state index contributed by atoms with van der Waals surface area (Å²) in [6.45, 7) is 5.27. The van der Waals surface area contributed by atoms with Crippen molar-refractivity contribution in [2.24, 2.45) is 0 Å². The van der Waals surface area contributed by atoms with Crippen molar-refractivity contribution in [1.29, 1.82) is 0 Å². The van der Waals surface area contributed by atoms with E-state index in [-0.39, 0.29) is 10.6 Å². The van der Waals surface area contributed by atoms with Crippen LogP contribution >= 0.6 is 0 Å². The van der Waals surface area contributed by atoms with E-state index in [9.17, 15) is 18.5 Å². The Bertz CT molecular complexity index is 560. The van der Waals surface area contributed by atoms with Gasteiger partial charge >= 0.3 is 0 Å². The first-order valence-electron chi connectivity index (χ1n) is 5.82. The topological polar surface area (TPSA) is 80.5 Å². The largest absolute Gasteiger partial charge is 0.377 e. The van der Waals surface area contributed by atoms with Gasteiger partial charge in [-0.3, -0.25) is 10.1 Å². The van der Waals surface area contributed by atoms with Gasteiger partial charge in [-0.05, 0) is 26.0 Å². The van der Waals surface area contributed by atoms with E-state index in [1.54, 1.807) is 0 Å². The van der Waals surface area contributed by atoms with E-state index in [1.165, 1.54) is 30.5 Å². The SMILES string of the molecule is CCN(C=CS(=O)(=O)c1ccc([N+](=O)[O-])cc1)CC.